The Hall–Kier alpha value is -1.17. The first-order valence-electron chi connectivity index (χ1n) is 4.44. The fourth-order valence-corrected chi connectivity index (χ4v) is 1.35. The Bertz CT molecular complexity index is 331. The molecule has 0 atom stereocenters. The third kappa shape index (κ3) is 2.65. The van der Waals surface area contributed by atoms with Crippen LogP contribution in [0.4, 0.5) is 4.39 Å². The zero-order valence-electron chi connectivity index (χ0n) is 8.71. The standard InChI is InChI=1S/C10H14FNO3/c1-14-6-8-4-3-7(5-12-13)10(15-2)9(8)11/h3-4,12-13H,5-6H2,1-2H3. The van der Waals surface area contributed by atoms with Crippen LogP contribution in [0.1, 0.15) is 11.1 Å². The highest BCUT2D eigenvalue weighted by Crippen LogP contribution is 2.25. The molecule has 0 fully saturated rings. The van der Waals surface area contributed by atoms with Gasteiger partial charge in [-0.3, -0.25) is 0 Å². The van der Waals surface area contributed by atoms with Crippen LogP contribution in [0.3, 0.4) is 0 Å². The van der Waals surface area contributed by atoms with E-state index in [1.54, 1.807) is 12.1 Å². The van der Waals surface area contributed by atoms with Crippen molar-refractivity contribution in [1.82, 2.24) is 5.48 Å². The summed E-state index contributed by atoms with van der Waals surface area (Å²) in [5, 5.41) is 8.55. The maximum absolute atomic E-state index is 13.7. The lowest BCUT2D eigenvalue weighted by atomic mass is 10.1. The maximum atomic E-state index is 13.7. The number of hydrogen-bond donors (Lipinski definition) is 2. The van der Waals surface area contributed by atoms with Crippen LogP contribution in [0.15, 0.2) is 12.1 Å². The Balaban J connectivity index is 3.08. The lowest BCUT2D eigenvalue weighted by Gasteiger charge is -2.11. The van der Waals surface area contributed by atoms with Gasteiger partial charge in [0.1, 0.15) is 0 Å². The number of halogens is 1. The molecule has 0 bridgehead atoms. The molecule has 0 heterocycles. The molecule has 0 aliphatic rings. The third-order valence-corrected chi connectivity index (χ3v) is 2.03. The monoisotopic (exact) mass is 215 g/mol. The highest BCUT2D eigenvalue weighted by molar-refractivity contribution is 5.39. The van der Waals surface area contributed by atoms with E-state index in [4.69, 9.17) is 14.7 Å². The molecule has 15 heavy (non-hydrogen) atoms. The number of rotatable bonds is 5. The summed E-state index contributed by atoms with van der Waals surface area (Å²) in [6.45, 7) is 0.322. The second-order valence-corrected chi connectivity index (χ2v) is 3.00. The first-order valence-corrected chi connectivity index (χ1v) is 4.44. The summed E-state index contributed by atoms with van der Waals surface area (Å²) < 4.78 is 23.5. The first kappa shape index (κ1) is 11.9. The molecule has 1 aromatic carbocycles. The summed E-state index contributed by atoms with van der Waals surface area (Å²) in [6, 6.07) is 3.29. The SMILES string of the molecule is COCc1ccc(CNO)c(OC)c1F. The summed E-state index contributed by atoms with van der Waals surface area (Å²) >= 11 is 0. The van der Waals surface area contributed by atoms with Crippen LogP contribution >= 0.6 is 0 Å². The van der Waals surface area contributed by atoms with Gasteiger partial charge in [-0.25, -0.2) is 9.87 Å². The molecule has 0 radical (unpaired) electrons. The van der Waals surface area contributed by atoms with Gasteiger partial charge >= 0.3 is 0 Å². The van der Waals surface area contributed by atoms with Gasteiger partial charge in [-0.15, -0.1) is 0 Å². The lowest BCUT2D eigenvalue weighted by molar-refractivity contribution is 0.159. The average Bonchev–Trinajstić information content (AvgIpc) is 2.23. The van der Waals surface area contributed by atoms with Crippen LogP contribution in [-0.2, 0) is 17.9 Å². The molecule has 0 amide bonds. The smallest absolute Gasteiger partial charge is 0.170 e. The Labute approximate surface area is 87.6 Å². The predicted molar refractivity (Wildman–Crippen MR) is 52.3 cm³/mol. The minimum Gasteiger partial charge on any atom is -0.493 e. The molecule has 5 heteroatoms. The van der Waals surface area contributed by atoms with E-state index in [2.05, 4.69) is 0 Å². The summed E-state index contributed by atoms with van der Waals surface area (Å²) in [5.74, 6) is -0.321. The van der Waals surface area contributed by atoms with Crippen molar-refractivity contribution >= 4 is 0 Å². The van der Waals surface area contributed by atoms with E-state index >= 15 is 0 Å². The van der Waals surface area contributed by atoms with Crippen LogP contribution in [-0.4, -0.2) is 19.4 Å². The van der Waals surface area contributed by atoms with Gasteiger partial charge in [0.15, 0.2) is 11.6 Å². The minimum atomic E-state index is -0.452. The number of benzene rings is 1. The van der Waals surface area contributed by atoms with Crippen molar-refractivity contribution in [2.45, 2.75) is 13.2 Å². The maximum Gasteiger partial charge on any atom is 0.170 e. The van der Waals surface area contributed by atoms with E-state index in [0.717, 1.165) is 0 Å². The van der Waals surface area contributed by atoms with Crippen molar-refractivity contribution < 1.29 is 19.1 Å². The Kier molecular flexibility index (Phi) is 4.48. The number of ether oxygens (including phenoxy) is 2. The third-order valence-electron chi connectivity index (χ3n) is 2.03. The summed E-state index contributed by atoms with van der Waals surface area (Å²) in [5.41, 5.74) is 2.94. The van der Waals surface area contributed by atoms with E-state index in [0.29, 0.717) is 11.1 Å². The topological polar surface area (TPSA) is 50.7 Å². The van der Waals surface area contributed by atoms with Gasteiger partial charge in [0.25, 0.3) is 0 Å². The second kappa shape index (κ2) is 5.65. The molecule has 0 aliphatic heterocycles. The highest BCUT2D eigenvalue weighted by atomic mass is 19.1. The van der Waals surface area contributed by atoms with E-state index in [1.807, 2.05) is 5.48 Å². The van der Waals surface area contributed by atoms with Crippen LogP contribution < -0.4 is 10.2 Å². The van der Waals surface area contributed by atoms with E-state index in [1.165, 1.54) is 14.2 Å². The molecule has 84 valence electrons. The molecule has 4 nitrogen and oxygen atoms in total. The largest absolute Gasteiger partial charge is 0.493 e. The van der Waals surface area contributed by atoms with Crippen molar-refractivity contribution in [2.75, 3.05) is 14.2 Å². The Morgan fingerprint density at radius 2 is 2.00 bits per heavy atom. The molecule has 0 aliphatic carbocycles. The second-order valence-electron chi connectivity index (χ2n) is 3.00. The van der Waals surface area contributed by atoms with Crippen LogP contribution in [0.2, 0.25) is 0 Å². The number of hydrogen-bond acceptors (Lipinski definition) is 4. The molecule has 1 aromatic rings. The highest BCUT2D eigenvalue weighted by Gasteiger charge is 2.13. The molecule has 0 spiro atoms. The molecule has 0 saturated heterocycles. The number of methoxy groups -OCH3 is 2. The van der Waals surface area contributed by atoms with Gasteiger partial charge in [-0.05, 0) is 0 Å². The Morgan fingerprint density at radius 3 is 2.53 bits per heavy atom. The molecular formula is C10H14FNO3. The average molecular weight is 215 g/mol. The van der Waals surface area contributed by atoms with Gasteiger partial charge in [0.05, 0.1) is 13.7 Å². The minimum absolute atomic E-state index is 0.131. The molecule has 0 unspecified atom stereocenters. The van der Waals surface area contributed by atoms with E-state index in [9.17, 15) is 4.39 Å². The quantitative estimate of drug-likeness (QED) is 0.730. The number of nitrogens with one attached hydrogen (secondary N) is 1. The van der Waals surface area contributed by atoms with Gasteiger partial charge < -0.3 is 14.7 Å². The molecular weight excluding hydrogens is 201 g/mol. The zero-order chi connectivity index (χ0) is 11.3. The molecule has 2 N–H and O–H groups in total. The Morgan fingerprint density at radius 1 is 1.33 bits per heavy atom. The van der Waals surface area contributed by atoms with Gasteiger partial charge in [0, 0.05) is 24.8 Å². The normalized spacial score (nSPS) is 10.4. The van der Waals surface area contributed by atoms with Crippen molar-refractivity contribution in [3.05, 3.63) is 29.1 Å². The van der Waals surface area contributed by atoms with Crippen molar-refractivity contribution in [3.63, 3.8) is 0 Å². The van der Waals surface area contributed by atoms with Crippen molar-refractivity contribution in [2.24, 2.45) is 0 Å². The van der Waals surface area contributed by atoms with Gasteiger partial charge in [0.2, 0.25) is 0 Å². The molecule has 0 aromatic heterocycles. The first-order chi connectivity index (χ1) is 7.24. The lowest BCUT2D eigenvalue weighted by Crippen LogP contribution is -2.09. The summed E-state index contributed by atoms with van der Waals surface area (Å²) in [7, 11) is 2.88. The summed E-state index contributed by atoms with van der Waals surface area (Å²) in [6.07, 6.45) is 0. The van der Waals surface area contributed by atoms with Gasteiger partial charge in [-0.2, -0.15) is 0 Å². The van der Waals surface area contributed by atoms with Crippen LogP contribution in [0, 0.1) is 5.82 Å². The van der Waals surface area contributed by atoms with Gasteiger partial charge in [-0.1, -0.05) is 12.1 Å². The van der Waals surface area contributed by atoms with Crippen LogP contribution in [0.25, 0.3) is 0 Å². The van der Waals surface area contributed by atoms with E-state index in [-0.39, 0.29) is 18.9 Å². The fourth-order valence-electron chi connectivity index (χ4n) is 1.35. The van der Waals surface area contributed by atoms with E-state index < -0.39 is 5.82 Å². The van der Waals surface area contributed by atoms with Crippen molar-refractivity contribution in [3.8, 4) is 5.75 Å². The fraction of sp³-hybridized carbons (Fsp3) is 0.400. The van der Waals surface area contributed by atoms with Crippen molar-refractivity contribution in [1.29, 1.82) is 0 Å². The number of hydroxylamine groups is 1. The molecule has 0 saturated carbocycles. The molecule has 1 rings (SSSR count). The zero-order valence-corrected chi connectivity index (χ0v) is 8.71. The predicted octanol–water partition coefficient (Wildman–Crippen LogP) is 1.46. The van der Waals surface area contributed by atoms with Crippen LogP contribution in [0.5, 0.6) is 5.75 Å². The summed E-state index contributed by atoms with van der Waals surface area (Å²) in [4.78, 5) is 0.